The predicted molar refractivity (Wildman–Crippen MR) is 167 cm³/mol. The zero-order chi connectivity index (χ0) is 28.0. The second kappa shape index (κ2) is 17.1. The van der Waals surface area contributed by atoms with Crippen LogP contribution in [-0.4, -0.2) is 48.9 Å². The SMILES string of the molecule is CC(C)NC(=S)OCCOc1ccc(OCCOC(=S)NC2CCC(CC3CCC(C(C)C)CC3)CC2)cc1. The lowest BCUT2D eigenvalue weighted by molar-refractivity contribution is 0.176. The number of ether oxygens (including phenoxy) is 4. The Kier molecular flexibility index (Phi) is 13.9. The van der Waals surface area contributed by atoms with E-state index in [1.165, 1.54) is 57.8 Å². The highest BCUT2D eigenvalue weighted by Crippen LogP contribution is 2.39. The molecular weight excluding hydrogens is 528 g/mol. The van der Waals surface area contributed by atoms with Crippen molar-refractivity contribution in [3.05, 3.63) is 24.3 Å². The first-order valence-electron chi connectivity index (χ1n) is 15.0. The lowest BCUT2D eigenvalue weighted by atomic mass is 9.72. The van der Waals surface area contributed by atoms with E-state index in [2.05, 4.69) is 24.5 Å². The normalized spacial score (nSPS) is 23.2. The molecule has 0 unspecified atom stereocenters. The maximum Gasteiger partial charge on any atom is 0.256 e. The Morgan fingerprint density at radius 3 is 1.69 bits per heavy atom. The van der Waals surface area contributed by atoms with Crippen molar-refractivity contribution in [1.82, 2.24) is 10.6 Å². The van der Waals surface area contributed by atoms with Gasteiger partial charge in [-0.05, 0) is 131 Å². The molecule has 1 aromatic carbocycles. The topological polar surface area (TPSA) is 61.0 Å². The van der Waals surface area contributed by atoms with E-state index in [1.807, 2.05) is 38.1 Å². The quantitative estimate of drug-likeness (QED) is 0.191. The molecule has 1 aromatic rings. The van der Waals surface area contributed by atoms with E-state index in [-0.39, 0.29) is 6.04 Å². The van der Waals surface area contributed by atoms with E-state index in [0.29, 0.717) is 42.8 Å². The molecular formula is C31H50N2O4S2. The summed E-state index contributed by atoms with van der Waals surface area (Å²) >= 11 is 10.5. The smallest absolute Gasteiger partial charge is 0.256 e. The second-order valence-corrected chi connectivity index (χ2v) is 12.6. The van der Waals surface area contributed by atoms with E-state index >= 15 is 0 Å². The number of hydrogen-bond acceptors (Lipinski definition) is 6. The molecule has 0 radical (unpaired) electrons. The Hall–Kier alpha value is -1.80. The van der Waals surface area contributed by atoms with Crippen LogP contribution in [0.5, 0.6) is 11.5 Å². The second-order valence-electron chi connectivity index (χ2n) is 11.9. The summed E-state index contributed by atoms with van der Waals surface area (Å²) in [5, 5.41) is 7.34. The minimum absolute atomic E-state index is 0.252. The maximum absolute atomic E-state index is 5.78. The van der Waals surface area contributed by atoms with Crippen molar-refractivity contribution >= 4 is 34.8 Å². The Morgan fingerprint density at radius 2 is 1.21 bits per heavy atom. The summed E-state index contributed by atoms with van der Waals surface area (Å²) in [6.07, 6.45) is 12.2. The van der Waals surface area contributed by atoms with Gasteiger partial charge >= 0.3 is 0 Å². The Bertz CT molecular complexity index is 849. The van der Waals surface area contributed by atoms with Gasteiger partial charge in [-0.1, -0.05) is 26.7 Å². The molecule has 0 spiro atoms. The van der Waals surface area contributed by atoms with Crippen LogP contribution in [0.2, 0.25) is 0 Å². The van der Waals surface area contributed by atoms with Gasteiger partial charge in [0.05, 0.1) is 0 Å². The van der Waals surface area contributed by atoms with E-state index in [0.717, 1.165) is 35.2 Å². The van der Waals surface area contributed by atoms with Gasteiger partial charge in [0.1, 0.15) is 37.9 Å². The fraction of sp³-hybridized carbons (Fsp3) is 0.742. The van der Waals surface area contributed by atoms with Crippen molar-refractivity contribution in [3.63, 3.8) is 0 Å². The van der Waals surface area contributed by atoms with Crippen molar-refractivity contribution in [2.24, 2.45) is 23.7 Å². The molecule has 2 aliphatic rings. The highest BCUT2D eigenvalue weighted by Gasteiger charge is 2.28. The lowest BCUT2D eigenvalue weighted by Crippen LogP contribution is -2.38. The lowest BCUT2D eigenvalue weighted by Gasteiger charge is -2.35. The number of benzene rings is 1. The first-order valence-corrected chi connectivity index (χ1v) is 15.8. The van der Waals surface area contributed by atoms with Gasteiger partial charge in [-0.25, -0.2) is 0 Å². The maximum atomic E-state index is 5.78. The number of rotatable bonds is 13. The fourth-order valence-corrected chi connectivity index (χ4v) is 6.38. The summed E-state index contributed by atoms with van der Waals surface area (Å²) in [6.45, 7) is 10.5. The summed E-state index contributed by atoms with van der Waals surface area (Å²) in [5.74, 6) is 5.18. The van der Waals surface area contributed by atoms with E-state index in [4.69, 9.17) is 43.4 Å². The van der Waals surface area contributed by atoms with Gasteiger partial charge in [-0.2, -0.15) is 0 Å². The summed E-state index contributed by atoms with van der Waals surface area (Å²) in [5.41, 5.74) is 0. The van der Waals surface area contributed by atoms with E-state index in [1.54, 1.807) is 0 Å². The summed E-state index contributed by atoms with van der Waals surface area (Å²) < 4.78 is 22.6. The first kappa shape index (κ1) is 31.7. The average Bonchev–Trinajstić information content (AvgIpc) is 2.91. The van der Waals surface area contributed by atoms with Crippen LogP contribution in [0.4, 0.5) is 0 Å². The van der Waals surface area contributed by atoms with Crippen LogP contribution in [0.15, 0.2) is 24.3 Å². The van der Waals surface area contributed by atoms with Crippen molar-refractivity contribution < 1.29 is 18.9 Å². The van der Waals surface area contributed by atoms with Gasteiger partial charge in [0.25, 0.3) is 10.3 Å². The molecule has 0 saturated heterocycles. The molecule has 0 heterocycles. The average molecular weight is 579 g/mol. The van der Waals surface area contributed by atoms with Crippen LogP contribution in [0.1, 0.15) is 85.5 Å². The molecule has 3 rings (SSSR count). The zero-order valence-electron chi connectivity index (χ0n) is 24.4. The van der Waals surface area contributed by atoms with Gasteiger partial charge in [-0.15, -0.1) is 0 Å². The third-order valence-corrected chi connectivity index (χ3v) is 8.54. The van der Waals surface area contributed by atoms with Crippen LogP contribution in [0, 0.1) is 23.7 Å². The highest BCUT2D eigenvalue weighted by atomic mass is 32.1. The van der Waals surface area contributed by atoms with Crippen molar-refractivity contribution in [2.75, 3.05) is 26.4 Å². The first-order chi connectivity index (χ1) is 18.8. The minimum Gasteiger partial charge on any atom is -0.490 e. The zero-order valence-corrected chi connectivity index (χ0v) is 26.0. The number of nitrogens with one attached hydrogen (secondary N) is 2. The Labute approximate surface area is 247 Å². The molecule has 0 amide bonds. The highest BCUT2D eigenvalue weighted by molar-refractivity contribution is 7.80. The van der Waals surface area contributed by atoms with Gasteiger partial charge in [0, 0.05) is 12.1 Å². The van der Waals surface area contributed by atoms with Gasteiger partial charge in [-0.3, -0.25) is 0 Å². The molecule has 2 aliphatic carbocycles. The molecule has 2 saturated carbocycles. The number of hydrogen-bond donors (Lipinski definition) is 2. The van der Waals surface area contributed by atoms with Crippen LogP contribution >= 0.6 is 24.4 Å². The van der Waals surface area contributed by atoms with Crippen molar-refractivity contribution in [3.8, 4) is 11.5 Å². The molecule has 0 aliphatic heterocycles. The van der Waals surface area contributed by atoms with Gasteiger partial charge in [0.15, 0.2) is 0 Å². The van der Waals surface area contributed by atoms with E-state index in [9.17, 15) is 0 Å². The summed E-state index contributed by atoms with van der Waals surface area (Å²) in [7, 11) is 0. The molecule has 0 bridgehead atoms. The Balaban J connectivity index is 1.20. The van der Waals surface area contributed by atoms with Crippen molar-refractivity contribution in [1.29, 1.82) is 0 Å². The van der Waals surface area contributed by atoms with Crippen LogP contribution in [0.25, 0.3) is 0 Å². The third-order valence-electron chi connectivity index (χ3n) is 8.07. The minimum atomic E-state index is 0.252. The molecule has 2 N–H and O–H groups in total. The largest absolute Gasteiger partial charge is 0.490 e. The standard InChI is InChI=1S/C31H50N2O4S2/c1-22(2)26-9-5-24(6-10-26)21-25-7-11-27(12-8-25)33-31(39)37-20-18-35-29-15-13-28(14-16-29)34-17-19-36-30(38)32-23(3)4/h13-16,22-27H,5-12,17-21H2,1-4H3,(H,32,38)(H,33,39). The molecule has 220 valence electrons. The summed E-state index contributed by atoms with van der Waals surface area (Å²) in [6, 6.07) is 8.20. The Morgan fingerprint density at radius 1 is 0.718 bits per heavy atom. The molecule has 2 fully saturated rings. The molecule has 8 heteroatoms. The van der Waals surface area contributed by atoms with Crippen LogP contribution in [0.3, 0.4) is 0 Å². The van der Waals surface area contributed by atoms with Gasteiger partial charge in [0.2, 0.25) is 0 Å². The van der Waals surface area contributed by atoms with Crippen LogP contribution < -0.4 is 20.1 Å². The molecule has 0 atom stereocenters. The monoisotopic (exact) mass is 578 g/mol. The van der Waals surface area contributed by atoms with Crippen molar-refractivity contribution in [2.45, 2.75) is 97.6 Å². The van der Waals surface area contributed by atoms with Gasteiger partial charge < -0.3 is 29.6 Å². The van der Waals surface area contributed by atoms with Crippen LogP contribution in [-0.2, 0) is 9.47 Å². The predicted octanol–water partition coefficient (Wildman–Crippen LogP) is 7.05. The van der Waals surface area contributed by atoms with E-state index < -0.39 is 0 Å². The molecule has 0 aromatic heterocycles. The number of thiocarbonyl (C=S) groups is 2. The summed E-state index contributed by atoms with van der Waals surface area (Å²) in [4.78, 5) is 0. The molecule has 39 heavy (non-hydrogen) atoms. The molecule has 6 nitrogen and oxygen atoms in total. The fourth-order valence-electron chi connectivity index (χ4n) is 5.81. The third kappa shape index (κ3) is 12.5.